The van der Waals surface area contributed by atoms with Gasteiger partial charge in [0.25, 0.3) is 5.91 Å². The normalized spacial score (nSPS) is 9.89. The van der Waals surface area contributed by atoms with Crippen LogP contribution in [0.5, 0.6) is 0 Å². The summed E-state index contributed by atoms with van der Waals surface area (Å²) in [7, 11) is 0. The molecule has 1 heterocycles. The lowest BCUT2D eigenvalue weighted by molar-refractivity contribution is -0.137. The van der Waals surface area contributed by atoms with E-state index in [1.54, 1.807) is 13.8 Å². The fourth-order valence-corrected chi connectivity index (χ4v) is 1.22. The number of carboxylic acid groups (broad SMARTS) is 1. The summed E-state index contributed by atoms with van der Waals surface area (Å²) >= 11 is 0. The number of amides is 2. The summed E-state index contributed by atoms with van der Waals surface area (Å²) in [4.78, 5) is 36.8. The zero-order valence-corrected chi connectivity index (χ0v) is 9.94. The monoisotopic (exact) mass is 255 g/mol. The van der Waals surface area contributed by atoms with Gasteiger partial charge in [0.1, 0.15) is 6.54 Å². The highest BCUT2D eigenvalue weighted by atomic mass is 16.4. The molecule has 1 rings (SSSR count). The van der Waals surface area contributed by atoms with E-state index in [2.05, 4.69) is 15.6 Å². The zero-order valence-electron chi connectivity index (χ0n) is 9.94. The Balaban J connectivity index is 2.44. The fourth-order valence-electron chi connectivity index (χ4n) is 1.22. The second-order valence-corrected chi connectivity index (χ2v) is 3.50. The molecule has 0 atom stereocenters. The maximum atomic E-state index is 11.6. The minimum atomic E-state index is -1.16. The summed E-state index contributed by atoms with van der Waals surface area (Å²) in [5.74, 6) is -1.93. The van der Waals surface area contributed by atoms with Gasteiger partial charge in [-0.25, -0.2) is 4.98 Å². The maximum Gasteiger partial charge on any atom is 0.322 e. The van der Waals surface area contributed by atoms with Crippen LogP contribution in [0.25, 0.3) is 0 Å². The van der Waals surface area contributed by atoms with Crippen LogP contribution >= 0.6 is 0 Å². The Morgan fingerprint density at radius 2 is 1.89 bits per heavy atom. The summed E-state index contributed by atoms with van der Waals surface area (Å²) in [6, 6.07) is 0. The fraction of sp³-hybridized carbons (Fsp3) is 0.400. The minimum absolute atomic E-state index is 0.0403. The van der Waals surface area contributed by atoms with E-state index in [4.69, 9.17) is 9.52 Å². The highest BCUT2D eigenvalue weighted by Gasteiger charge is 2.16. The Labute approximate surface area is 102 Å². The highest BCUT2D eigenvalue weighted by molar-refractivity contribution is 5.95. The molecule has 98 valence electrons. The van der Waals surface area contributed by atoms with Crippen molar-refractivity contribution in [1.82, 2.24) is 15.6 Å². The van der Waals surface area contributed by atoms with Gasteiger partial charge in [0, 0.05) is 6.92 Å². The van der Waals surface area contributed by atoms with Crippen LogP contribution in [0.4, 0.5) is 0 Å². The topological polar surface area (TPSA) is 122 Å². The quantitative estimate of drug-likeness (QED) is 0.634. The number of aromatic nitrogens is 1. The first kappa shape index (κ1) is 13.7. The van der Waals surface area contributed by atoms with E-state index < -0.39 is 24.3 Å². The van der Waals surface area contributed by atoms with Crippen molar-refractivity contribution in [2.24, 2.45) is 0 Å². The number of rotatable bonds is 5. The van der Waals surface area contributed by atoms with E-state index >= 15 is 0 Å². The van der Waals surface area contributed by atoms with E-state index in [9.17, 15) is 14.4 Å². The van der Waals surface area contributed by atoms with Gasteiger partial charge in [-0.1, -0.05) is 0 Å². The molecule has 3 N–H and O–H groups in total. The van der Waals surface area contributed by atoms with Crippen molar-refractivity contribution in [2.45, 2.75) is 13.8 Å². The van der Waals surface area contributed by atoms with Crippen molar-refractivity contribution in [3.63, 3.8) is 0 Å². The van der Waals surface area contributed by atoms with E-state index in [0.717, 1.165) is 0 Å². The van der Waals surface area contributed by atoms with Crippen molar-refractivity contribution in [3.8, 4) is 0 Å². The summed E-state index contributed by atoms with van der Waals surface area (Å²) in [6.07, 6.45) is 0. The van der Waals surface area contributed by atoms with Crippen LogP contribution in [-0.4, -0.2) is 41.0 Å². The molecule has 0 saturated heterocycles. The number of nitrogens with one attached hydrogen (secondary N) is 2. The standard InChI is InChI=1S/C10H13N3O5/c1-5-9(18-6(2)13-5)10(17)12-3-7(14)11-4-8(15)16/h3-4H2,1-2H3,(H,11,14)(H,12,17)(H,15,16). The molecule has 0 spiro atoms. The molecule has 0 saturated carbocycles. The number of aliphatic carboxylic acids is 1. The lowest BCUT2D eigenvalue weighted by Crippen LogP contribution is -2.39. The molecule has 1 aromatic rings. The van der Waals surface area contributed by atoms with Gasteiger partial charge in [0.15, 0.2) is 5.89 Å². The van der Waals surface area contributed by atoms with Gasteiger partial charge in [0.2, 0.25) is 11.7 Å². The molecule has 0 aromatic carbocycles. The number of hydrogen-bond donors (Lipinski definition) is 3. The Hall–Kier alpha value is -2.38. The van der Waals surface area contributed by atoms with Crippen molar-refractivity contribution in [2.75, 3.05) is 13.1 Å². The van der Waals surface area contributed by atoms with Gasteiger partial charge in [-0.05, 0) is 6.92 Å². The summed E-state index contributed by atoms with van der Waals surface area (Å²) in [5.41, 5.74) is 0.427. The van der Waals surface area contributed by atoms with Gasteiger partial charge >= 0.3 is 5.97 Å². The van der Waals surface area contributed by atoms with E-state index in [1.807, 2.05) is 0 Å². The number of hydrogen-bond acceptors (Lipinski definition) is 5. The molecule has 0 bridgehead atoms. The smallest absolute Gasteiger partial charge is 0.322 e. The maximum absolute atomic E-state index is 11.6. The number of carbonyl (C=O) groups excluding carboxylic acids is 2. The minimum Gasteiger partial charge on any atom is -0.480 e. The number of oxazole rings is 1. The van der Waals surface area contributed by atoms with E-state index in [-0.39, 0.29) is 12.3 Å². The third-order valence-corrected chi connectivity index (χ3v) is 1.96. The molecule has 0 aliphatic carbocycles. The third kappa shape index (κ3) is 3.89. The first-order valence-electron chi connectivity index (χ1n) is 5.11. The van der Waals surface area contributed by atoms with Crippen molar-refractivity contribution < 1.29 is 23.9 Å². The molecular formula is C10H13N3O5. The SMILES string of the molecule is Cc1nc(C)c(C(=O)NCC(=O)NCC(=O)O)o1. The number of nitrogens with zero attached hydrogens (tertiary/aromatic N) is 1. The summed E-state index contributed by atoms with van der Waals surface area (Å²) in [6.45, 7) is 2.39. The van der Waals surface area contributed by atoms with Gasteiger partial charge in [-0.15, -0.1) is 0 Å². The van der Waals surface area contributed by atoms with Crippen molar-refractivity contribution >= 4 is 17.8 Å². The Kier molecular flexibility index (Phi) is 4.41. The van der Waals surface area contributed by atoms with E-state index in [1.165, 1.54) is 0 Å². The first-order chi connectivity index (χ1) is 8.40. The molecule has 0 aliphatic rings. The molecule has 0 fully saturated rings. The number of carbonyl (C=O) groups is 3. The van der Waals surface area contributed by atoms with Crippen LogP contribution in [0, 0.1) is 13.8 Å². The average molecular weight is 255 g/mol. The Morgan fingerprint density at radius 1 is 1.22 bits per heavy atom. The summed E-state index contributed by atoms with van der Waals surface area (Å²) in [5, 5.41) is 12.7. The second-order valence-electron chi connectivity index (χ2n) is 3.50. The van der Waals surface area contributed by atoms with Crippen LogP contribution in [0.2, 0.25) is 0 Å². The van der Waals surface area contributed by atoms with Crippen LogP contribution in [-0.2, 0) is 9.59 Å². The molecule has 18 heavy (non-hydrogen) atoms. The number of carboxylic acids is 1. The van der Waals surface area contributed by atoms with Gasteiger partial charge in [0.05, 0.1) is 12.2 Å². The zero-order chi connectivity index (χ0) is 13.7. The van der Waals surface area contributed by atoms with Gasteiger partial charge < -0.3 is 20.2 Å². The van der Waals surface area contributed by atoms with Crippen LogP contribution in [0.15, 0.2) is 4.42 Å². The first-order valence-corrected chi connectivity index (χ1v) is 5.11. The average Bonchev–Trinajstić information content (AvgIpc) is 2.62. The predicted octanol–water partition coefficient (Wildman–Crippen LogP) is -0.778. The molecule has 8 nitrogen and oxygen atoms in total. The van der Waals surface area contributed by atoms with Gasteiger partial charge in [-0.2, -0.15) is 0 Å². The molecule has 0 unspecified atom stereocenters. The molecule has 0 radical (unpaired) electrons. The lowest BCUT2D eigenvalue weighted by atomic mass is 10.3. The molecule has 0 aliphatic heterocycles. The number of aryl methyl sites for hydroxylation is 2. The lowest BCUT2D eigenvalue weighted by Gasteiger charge is -2.03. The molecular weight excluding hydrogens is 242 g/mol. The van der Waals surface area contributed by atoms with Crippen molar-refractivity contribution in [3.05, 3.63) is 17.3 Å². The predicted molar refractivity (Wildman–Crippen MR) is 59.0 cm³/mol. The summed E-state index contributed by atoms with van der Waals surface area (Å²) < 4.78 is 5.06. The highest BCUT2D eigenvalue weighted by Crippen LogP contribution is 2.08. The Morgan fingerprint density at radius 3 is 2.39 bits per heavy atom. The largest absolute Gasteiger partial charge is 0.480 e. The Bertz CT molecular complexity index is 480. The van der Waals surface area contributed by atoms with Crippen molar-refractivity contribution in [1.29, 1.82) is 0 Å². The second kappa shape index (κ2) is 5.80. The van der Waals surface area contributed by atoms with Gasteiger partial charge in [-0.3, -0.25) is 14.4 Å². The molecule has 1 aromatic heterocycles. The molecule has 8 heteroatoms. The molecule has 2 amide bonds. The van der Waals surface area contributed by atoms with Crippen LogP contribution in [0.3, 0.4) is 0 Å². The van der Waals surface area contributed by atoms with E-state index in [0.29, 0.717) is 11.6 Å². The third-order valence-electron chi connectivity index (χ3n) is 1.96. The van der Waals surface area contributed by atoms with Crippen LogP contribution < -0.4 is 10.6 Å². The van der Waals surface area contributed by atoms with Crippen LogP contribution in [0.1, 0.15) is 22.1 Å².